The number of allylic oxidation sites excluding steroid dienone is 2. The van der Waals surface area contributed by atoms with E-state index in [9.17, 15) is 19.2 Å². The van der Waals surface area contributed by atoms with Crippen LogP contribution in [0.3, 0.4) is 0 Å². The Labute approximate surface area is 126 Å². The van der Waals surface area contributed by atoms with Gasteiger partial charge in [0.15, 0.2) is 5.78 Å². The predicted octanol–water partition coefficient (Wildman–Crippen LogP) is 0.193. The maximum absolute atomic E-state index is 12.7. The lowest BCUT2D eigenvalue weighted by Crippen LogP contribution is -2.54. The van der Waals surface area contributed by atoms with Crippen LogP contribution in [0.1, 0.15) is 6.92 Å². The van der Waals surface area contributed by atoms with E-state index in [1.54, 1.807) is 6.08 Å². The molecular formula is C15H16O7. The van der Waals surface area contributed by atoms with Crippen molar-refractivity contribution in [3.8, 4) is 0 Å². The highest BCUT2D eigenvalue weighted by molar-refractivity contribution is 6.17. The first-order valence-electron chi connectivity index (χ1n) is 6.56. The minimum absolute atomic E-state index is 0.0330. The number of esters is 3. The molecule has 7 heteroatoms. The van der Waals surface area contributed by atoms with E-state index in [1.807, 2.05) is 0 Å². The molecule has 22 heavy (non-hydrogen) atoms. The number of carbonyl (C=O) groups excluding carboxylic acids is 4. The van der Waals surface area contributed by atoms with Crippen molar-refractivity contribution >= 4 is 23.7 Å². The second-order valence-corrected chi connectivity index (χ2v) is 5.21. The molecule has 0 aromatic carbocycles. The van der Waals surface area contributed by atoms with E-state index in [0.717, 1.165) is 21.3 Å². The summed E-state index contributed by atoms with van der Waals surface area (Å²) in [4.78, 5) is 48.9. The molecule has 0 aromatic rings. The van der Waals surface area contributed by atoms with Crippen LogP contribution in [-0.2, 0) is 33.4 Å². The summed E-state index contributed by atoms with van der Waals surface area (Å²) in [6.07, 6.45) is 3.05. The third kappa shape index (κ3) is 1.88. The number of ketones is 1. The molecule has 2 bridgehead atoms. The van der Waals surface area contributed by atoms with Crippen molar-refractivity contribution in [3.05, 3.63) is 23.3 Å². The predicted molar refractivity (Wildman–Crippen MR) is 72.3 cm³/mol. The number of fused-ring (bicyclic) bond motifs is 1. The van der Waals surface area contributed by atoms with Crippen LogP contribution in [0.25, 0.3) is 0 Å². The zero-order chi connectivity index (χ0) is 16.7. The first-order valence-corrected chi connectivity index (χ1v) is 6.56. The zero-order valence-corrected chi connectivity index (χ0v) is 12.7. The Kier molecular flexibility index (Phi) is 3.91. The monoisotopic (exact) mass is 308 g/mol. The molecule has 3 atom stereocenters. The van der Waals surface area contributed by atoms with Crippen molar-refractivity contribution in [1.29, 1.82) is 0 Å². The molecule has 0 fully saturated rings. The number of carbonyl (C=O) groups is 4. The first kappa shape index (κ1) is 15.9. The average molecular weight is 308 g/mol. The smallest absolute Gasteiger partial charge is 0.335 e. The second-order valence-electron chi connectivity index (χ2n) is 5.21. The first-order chi connectivity index (χ1) is 10.3. The number of methoxy groups -OCH3 is 3. The van der Waals surface area contributed by atoms with Crippen LogP contribution in [0, 0.1) is 17.3 Å². The molecule has 0 radical (unpaired) electrons. The number of hydrogen-bond acceptors (Lipinski definition) is 7. The molecule has 3 aliphatic rings. The SMILES string of the molecule is COC(=O)C1=C(C(=O)OC)[C@@H]2C=C[C@H]1C(=O)[C@@]2(C)C(=O)OC. The van der Waals surface area contributed by atoms with Gasteiger partial charge in [0.25, 0.3) is 0 Å². The van der Waals surface area contributed by atoms with Crippen molar-refractivity contribution in [1.82, 2.24) is 0 Å². The summed E-state index contributed by atoms with van der Waals surface area (Å²) in [5, 5.41) is 0. The topological polar surface area (TPSA) is 96.0 Å². The van der Waals surface area contributed by atoms with Gasteiger partial charge in [-0.2, -0.15) is 0 Å². The lowest BCUT2D eigenvalue weighted by molar-refractivity contribution is -0.162. The molecule has 0 saturated carbocycles. The molecule has 0 unspecified atom stereocenters. The summed E-state index contributed by atoms with van der Waals surface area (Å²) >= 11 is 0. The Morgan fingerprint density at radius 3 is 2.00 bits per heavy atom. The molecule has 118 valence electrons. The Balaban J connectivity index is 2.71. The summed E-state index contributed by atoms with van der Waals surface area (Å²) in [7, 11) is 3.48. The molecule has 3 aliphatic carbocycles. The van der Waals surface area contributed by atoms with Gasteiger partial charge in [0, 0.05) is 5.92 Å². The van der Waals surface area contributed by atoms with Crippen molar-refractivity contribution in [2.75, 3.05) is 21.3 Å². The Morgan fingerprint density at radius 1 is 0.955 bits per heavy atom. The highest BCUT2D eigenvalue weighted by atomic mass is 16.5. The molecule has 0 amide bonds. The van der Waals surface area contributed by atoms with Crippen molar-refractivity contribution < 1.29 is 33.4 Å². The van der Waals surface area contributed by atoms with Crippen LogP contribution >= 0.6 is 0 Å². The summed E-state index contributed by atoms with van der Waals surface area (Å²) in [5.74, 6) is -4.79. The fourth-order valence-electron chi connectivity index (χ4n) is 3.06. The van der Waals surface area contributed by atoms with Crippen molar-refractivity contribution in [2.45, 2.75) is 6.92 Å². The van der Waals surface area contributed by atoms with Crippen molar-refractivity contribution in [2.24, 2.45) is 17.3 Å². The lowest BCUT2D eigenvalue weighted by Gasteiger charge is -2.43. The van der Waals surface area contributed by atoms with Gasteiger partial charge in [-0.05, 0) is 6.92 Å². The summed E-state index contributed by atoms with van der Waals surface area (Å²) in [5.41, 5.74) is -1.68. The molecule has 0 aromatic heterocycles. The summed E-state index contributed by atoms with van der Waals surface area (Å²) in [6.45, 7) is 1.40. The second kappa shape index (κ2) is 5.40. The summed E-state index contributed by atoms with van der Waals surface area (Å²) < 4.78 is 14.1. The number of hydrogen-bond donors (Lipinski definition) is 0. The van der Waals surface area contributed by atoms with E-state index >= 15 is 0 Å². The van der Waals surface area contributed by atoms with E-state index in [1.165, 1.54) is 13.0 Å². The molecule has 3 rings (SSSR count). The number of ether oxygens (including phenoxy) is 3. The summed E-state index contributed by atoms with van der Waals surface area (Å²) in [6, 6.07) is 0. The maximum Gasteiger partial charge on any atom is 0.335 e. The quantitative estimate of drug-likeness (QED) is 0.318. The van der Waals surface area contributed by atoms with Crippen LogP contribution in [0.4, 0.5) is 0 Å². The third-order valence-corrected chi connectivity index (χ3v) is 4.24. The van der Waals surface area contributed by atoms with Gasteiger partial charge >= 0.3 is 17.9 Å². The van der Waals surface area contributed by atoms with Crippen LogP contribution in [0.15, 0.2) is 23.3 Å². The molecular weight excluding hydrogens is 292 g/mol. The lowest BCUT2D eigenvalue weighted by atomic mass is 9.57. The van der Waals surface area contributed by atoms with E-state index < -0.39 is 40.9 Å². The average Bonchev–Trinajstić information content (AvgIpc) is 2.55. The Morgan fingerprint density at radius 2 is 1.50 bits per heavy atom. The molecule has 7 nitrogen and oxygen atoms in total. The third-order valence-electron chi connectivity index (χ3n) is 4.24. The number of Topliss-reactive ketones (excluding diaryl/α,β-unsaturated/α-hetero) is 1. The maximum atomic E-state index is 12.7. The van der Waals surface area contributed by atoms with E-state index in [0.29, 0.717) is 0 Å². The number of rotatable bonds is 3. The van der Waals surface area contributed by atoms with Gasteiger partial charge in [0.05, 0.1) is 38.4 Å². The standard InChI is InChI=1S/C15H16O7/c1-15(14(19)22-4)8-6-5-7(11(15)16)9(12(17)20-2)10(8)13(18)21-3/h5-8H,1-4H3/t7-,8+,15+/m1/s1. The van der Waals surface area contributed by atoms with Gasteiger partial charge < -0.3 is 14.2 Å². The Bertz CT molecular complexity index is 628. The fraction of sp³-hybridized carbons (Fsp3) is 0.467. The van der Waals surface area contributed by atoms with Gasteiger partial charge in [0.1, 0.15) is 5.41 Å². The minimum atomic E-state index is -1.57. The van der Waals surface area contributed by atoms with E-state index in [-0.39, 0.29) is 11.1 Å². The molecule has 0 saturated heterocycles. The van der Waals surface area contributed by atoms with Crippen LogP contribution in [-0.4, -0.2) is 45.0 Å². The molecule has 0 aliphatic heterocycles. The molecule has 0 spiro atoms. The highest BCUT2D eigenvalue weighted by Gasteiger charge is 2.60. The molecule has 0 N–H and O–H groups in total. The minimum Gasteiger partial charge on any atom is -0.468 e. The van der Waals surface area contributed by atoms with Crippen LogP contribution in [0.2, 0.25) is 0 Å². The van der Waals surface area contributed by atoms with Crippen molar-refractivity contribution in [3.63, 3.8) is 0 Å². The van der Waals surface area contributed by atoms with Crippen LogP contribution < -0.4 is 0 Å². The van der Waals surface area contributed by atoms with Gasteiger partial charge in [-0.25, -0.2) is 9.59 Å². The fourth-order valence-corrected chi connectivity index (χ4v) is 3.06. The Hall–Kier alpha value is -2.44. The molecule has 0 heterocycles. The highest BCUT2D eigenvalue weighted by Crippen LogP contribution is 2.50. The zero-order valence-electron chi connectivity index (χ0n) is 12.7. The van der Waals surface area contributed by atoms with Gasteiger partial charge in [-0.3, -0.25) is 9.59 Å². The van der Waals surface area contributed by atoms with Gasteiger partial charge in [-0.1, -0.05) is 12.2 Å². The largest absolute Gasteiger partial charge is 0.468 e. The van der Waals surface area contributed by atoms with E-state index in [2.05, 4.69) is 4.74 Å². The van der Waals surface area contributed by atoms with E-state index in [4.69, 9.17) is 9.47 Å². The van der Waals surface area contributed by atoms with Crippen LogP contribution in [0.5, 0.6) is 0 Å². The normalized spacial score (nSPS) is 29.4. The van der Waals surface area contributed by atoms with Gasteiger partial charge in [-0.15, -0.1) is 0 Å². The van der Waals surface area contributed by atoms with Gasteiger partial charge in [0.2, 0.25) is 0 Å².